The van der Waals surface area contributed by atoms with E-state index in [2.05, 4.69) is 34.5 Å². The highest BCUT2D eigenvalue weighted by Gasteiger charge is 2.10. The minimum Gasteiger partial charge on any atom is -0.322 e. The normalized spacial score (nSPS) is 12.7. The third kappa shape index (κ3) is 2.22. The zero-order valence-corrected chi connectivity index (χ0v) is 8.64. The van der Waals surface area contributed by atoms with Crippen LogP contribution in [0.4, 0.5) is 0 Å². The molecule has 0 aliphatic rings. The highest BCUT2D eigenvalue weighted by molar-refractivity contribution is 5.27. The molecule has 0 amide bonds. The van der Waals surface area contributed by atoms with Crippen molar-refractivity contribution in [1.29, 1.82) is 0 Å². The lowest BCUT2D eigenvalue weighted by Crippen LogP contribution is -2.14. The Morgan fingerprint density at radius 3 is 2.87 bits per heavy atom. The van der Waals surface area contributed by atoms with Crippen molar-refractivity contribution in [2.45, 2.75) is 19.4 Å². The lowest BCUT2D eigenvalue weighted by Gasteiger charge is -2.10. The van der Waals surface area contributed by atoms with Crippen molar-refractivity contribution < 1.29 is 0 Å². The van der Waals surface area contributed by atoms with Crippen LogP contribution >= 0.6 is 0 Å². The number of H-pyrrole nitrogens is 1. The number of aromatic nitrogens is 3. The van der Waals surface area contributed by atoms with Gasteiger partial charge in [0.05, 0.1) is 17.9 Å². The molecule has 1 atom stereocenters. The van der Waals surface area contributed by atoms with Crippen LogP contribution in [-0.4, -0.2) is 15.4 Å². The number of aryl methyl sites for hydroxylation is 1. The summed E-state index contributed by atoms with van der Waals surface area (Å²) >= 11 is 0. The maximum absolute atomic E-state index is 6.02. The van der Waals surface area contributed by atoms with Gasteiger partial charge in [0.1, 0.15) is 0 Å². The highest BCUT2D eigenvalue weighted by Crippen LogP contribution is 2.15. The lowest BCUT2D eigenvalue weighted by molar-refractivity contribution is 0.689. The van der Waals surface area contributed by atoms with Gasteiger partial charge in [0, 0.05) is 0 Å². The number of nitrogens with two attached hydrogens (primary N) is 1. The van der Waals surface area contributed by atoms with Gasteiger partial charge < -0.3 is 5.73 Å². The minimum absolute atomic E-state index is 0.0927. The first-order valence-electron chi connectivity index (χ1n) is 4.93. The zero-order chi connectivity index (χ0) is 10.7. The van der Waals surface area contributed by atoms with E-state index in [0.29, 0.717) is 0 Å². The number of nitrogens with zero attached hydrogens (tertiary/aromatic N) is 2. The van der Waals surface area contributed by atoms with Crippen molar-refractivity contribution in [3.05, 3.63) is 47.3 Å². The van der Waals surface area contributed by atoms with E-state index >= 15 is 0 Å². The van der Waals surface area contributed by atoms with Gasteiger partial charge in [-0.15, -0.1) is 0 Å². The van der Waals surface area contributed by atoms with E-state index in [1.54, 1.807) is 6.20 Å². The molecule has 15 heavy (non-hydrogen) atoms. The first-order valence-corrected chi connectivity index (χ1v) is 4.93. The van der Waals surface area contributed by atoms with Crippen LogP contribution in [0.5, 0.6) is 0 Å². The van der Waals surface area contributed by atoms with Crippen LogP contribution in [0.25, 0.3) is 0 Å². The molecular formula is C11H14N4. The number of hydrogen-bond donors (Lipinski definition) is 2. The van der Waals surface area contributed by atoms with E-state index in [9.17, 15) is 0 Å². The standard InChI is InChI=1S/C11H14N4/c1-8-4-2-3-5-9(8)6-10(12)11-7-13-15-14-11/h2-5,7,10H,6,12H2,1H3,(H,13,14,15). The molecule has 1 aromatic heterocycles. The first-order chi connectivity index (χ1) is 7.27. The summed E-state index contributed by atoms with van der Waals surface area (Å²) in [6.45, 7) is 2.09. The smallest absolute Gasteiger partial charge is 0.0995 e. The average molecular weight is 202 g/mol. The molecule has 0 aliphatic carbocycles. The van der Waals surface area contributed by atoms with E-state index in [1.165, 1.54) is 11.1 Å². The number of aromatic amines is 1. The number of benzene rings is 1. The molecule has 1 aromatic carbocycles. The average Bonchev–Trinajstić information content (AvgIpc) is 2.74. The Labute approximate surface area is 88.5 Å². The van der Waals surface area contributed by atoms with Crippen molar-refractivity contribution in [3.8, 4) is 0 Å². The molecule has 4 nitrogen and oxygen atoms in total. The fraction of sp³-hybridized carbons (Fsp3) is 0.273. The molecule has 0 spiro atoms. The largest absolute Gasteiger partial charge is 0.322 e. The van der Waals surface area contributed by atoms with Crippen LogP contribution < -0.4 is 5.73 Å². The topological polar surface area (TPSA) is 67.6 Å². The van der Waals surface area contributed by atoms with Gasteiger partial charge in [-0.3, -0.25) is 0 Å². The van der Waals surface area contributed by atoms with Gasteiger partial charge >= 0.3 is 0 Å². The molecule has 0 saturated heterocycles. The molecule has 0 fully saturated rings. The van der Waals surface area contributed by atoms with Crippen molar-refractivity contribution in [2.24, 2.45) is 5.73 Å². The predicted octanol–water partition coefficient (Wildman–Crippen LogP) is 1.36. The van der Waals surface area contributed by atoms with Crippen molar-refractivity contribution in [1.82, 2.24) is 15.4 Å². The quantitative estimate of drug-likeness (QED) is 0.789. The maximum Gasteiger partial charge on any atom is 0.0995 e. The summed E-state index contributed by atoms with van der Waals surface area (Å²) in [5, 5.41) is 10.3. The molecule has 2 rings (SSSR count). The van der Waals surface area contributed by atoms with Gasteiger partial charge in [0.25, 0.3) is 0 Å². The van der Waals surface area contributed by atoms with Crippen LogP contribution in [0, 0.1) is 6.92 Å². The summed E-state index contributed by atoms with van der Waals surface area (Å²) in [6.07, 6.45) is 2.46. The molecule has 0 bridgehead atoms. The van der Waals surface area contributed by atoms with E-state index < -0.39 is 0 Å². The van der Waals surface area contributed by atoms with E-state index in [4.69, 9.17) is 5.73 Å². The molecule has 1 unspecified atom stereocenters. The zero-order valence-electron chi connectivity index (χ0n) is 8.64. The Balaban J connectivity index is 2.13. The first kappa shape index (κ1) is 9.86. The summed E-state index contributed by atoms with van der Waals surface area (Å²) in [4.78, 5) is 0. The van der Waals surface area contributed by atoms with E-state index in [1.807, 2.05) is 12.1 Å². The fourth-order valence-electron chi connectivity index (χ4n) is 1.57. The van der Waals surface area contributed by atoms with Crippen LogP contribution in [0.1, 0.15) is 22.9 Å². The summed E-state index contributed by atoms with van der Waals surface area (Å²) in [5.41, 5.74) is 9.34. The van der Waals surface area contributed by atoms with Crippen molar-refractivity contribution >= 4 is 0 Å². The summed E-state index contributed by atoms with van der Waals surface area (Å²) in [5.74, 6) is 0. The van der Waals surface area contributed by atoms with E-state index in [0.717, 1.165) is 12.1 Å². The third-order valence-electron chi connectivity index (χ3n) is 2.51. The summed E-state index contributed by atoms with van der Waals surface area (Å²) < 4.78 is 0. The molecule has 0 saturated carbocycles. The second-order valence-electron chi connectivity index (χ2n) is 3.63. The Bertz CT molecular complexity index is 422. The van der Waals surface area contributed by atoms with Crippen molar-refractivity contribution in [3.63, 3.8) is 0 Å². The van der Waals surface area contributed by atoms with Crippen LogP contribution in [-0.2, 0) is 6.42 Å². The number of nitrogens with one attached hydrogen (secondary N) is 1. The van der Waals surface area contributed by atoms with Gasteiger partial charge in [-0.25, -0.2) is 0 Å². The summed E-state index contributed by atoms with van der Waals surface area (Å²) in [6, 6.07) is 8.14. The monoisotopic (exact) mass is 202 g/mol. The van der Waals surface area contributed by atoms with Gasteiger partial charge in [0.15, 0.2) is 0 Å². The van der Waals surface area contributed by atoms with Gasteiger partial charge in [-0.2, -0.15) is 15.4 Å². The number of hydrogen-bond acceptors (Lipinski definition) is 3. The van der Waals surface area contributed by atoms with Crippen LogP contribution in [0.2, 0.25) is 0 Å². The second-order valence-corrected chi connectivity index (χ2v) is 3.63. The lowest BCUT2D eigenvalue weighted by atomic mass is 10.0. The molecule has 78 valence electrons. The molecule has 4 heteroatoms. The maximum atomic E-state index is 6.02. The Kier molecular flexibility index (Phi) is 2.78. The molecule has 3 N–H and O–H groups in total. The second kappa shape index (κ2) is 4.23. The Hall–Kier alpha value is -1.68. The molecule has 2 aromatic rings. The predicted molar refractivity (Wildman–Crippen MR) is 58.2 cm³/mol. The van der Waals surface area contributed by atoms with Gasteiger partial charge in [-0.05, 0) is 24.5 Å². The van der Waals surface area contributed by atoms with Crippen LogP contribution in [0.3, 0.4) is 0 Å². The highest BCUT2D eigenvalue weighted by atomic mass is 15.3. The summed E-state index contributed by atoms with van der Waals surface area (Å²) in [7, 11) is 0. The minimum atomic E-state index is -0.0927. The molecule has 0 aliphatic heterocycles. The fourth-order valence-corrected chi connectivity index (χ4v) is 1.57. The number of rotatable bonds is 3. The van der Waals surface area contributed by atoms with E-state index in [-0.39, 0.29) is 6.04 Å². The molecule has 1 heterocycles. The molecule has 0 radical (unpaired) electrons. The Morgan fingerprint density at radius 1 is 1.40 bits per heavy atom. The van der Waals surface area contributed by atoms with Crippen LogP contribution in [0.15, 0.2) is 30.5 Å². The van der Waals surface area contributed by atoms with Crippen molar-refractivity contribution in [2.75, 3.05) is 0 Å². The van der Waals surface area contributed by atoms with Gasteiger partial charge in [0.2, 0.25) is 0 Å². The van der Waals surface area contributed by atoms with Gasteiger partial charge in [-0.1, -0.05) is 24.3 Å². The SMILES string of the molecule is Cc1ccccc1CC(N)c1cn[nH]n1. The third-order valence-corrected chi connectivity index (χ3v) is 2.51. The molecular weight excluding hydrogens is 188 g/mol. The Morgan fingerprint density at radius 2 is 2.20 bits per heavy atom.